The molecule has 2 unspecified atom stereocenters. The number of ether oxygens (including phenoxy) is 1. The van der Waals surface area contributed by atoms with Crippen molar-refractivity contribution in [1.29, 1.82) is 0 Å². The van der Waals surface area contributed by atoms with E-state index >= 15 is 0 Å². The number of rotatable bonds is 5. The first kappa shape index (κ1) is 14.8. The molecule has 2 aliphatic rings. The van der Waals surface area contributed by atoms with Gasteiger partial charge in [-0.1, -0.05) is 5.16 Å². The SMILES string of the molecule is Cc1cnn(CC2CN(C(C)c3nc(C4CC4)no3)CCO2)c1. The Kier molecular flexibility index (Phi) is 3.90. The zero-order chi connectivity index (χ0) is 15.8. The van der Waals surface area contributed by atoms with Gasteiger partial charge in [-0.2, -0.15) is 10.1 Å². The zero-order valence-electron chi connectivity index (χ0n) is 13.7. The lowest BCUT2D eigenvalue weighted by molar-refractivity contribution is -0.0532. The molecule has 1 aliphatic heterocycles. The molecule has 3 heterocycles. The van der Waals surface area contributed by atoms with E-state index in [2.05, 4.69) is 27.1 Å². The maximum atomic E-state index is 5.89. The van der Waals surface area contributed by atoms with Crippen LogP contribution in [0, 0.1) is 6.92 Å². The van der Waals surface area contributed by atoms with Crippen molar-refractivity contribution in [3.8, 4) is 0 Å². The van der Waals surface area contributed by atoms with E-state index in [0.717, 1.165) is 38.0 Å². The van der Waals surface area contributed by atoms with Crippen LogP contribution >= 0.6 is 0 Å². The molecule has 0 N–H and O–H groups in total. The van der Waals surface area contributed by atoms with Crippen LogP contribution in [0.25, 0.3) is 0 Å². The Balaban J connectivity index is 1.39. The van der Waals surface area contributed by atoms with Gasteiger partial charge in [-0.15, -0.1) is 0 Å². The molecule has 0 amide bonds. The molecule has 1 aliphatic carbocycles. The molecule has 23 heavy (non-hydrogen) atoms. The second kappa shape index (κ2) is 6.05. The maximum absolute atomic E-state index is 5.89. The van der Waals surface area contributed by atoms with Crippen molar-refractivity contribution in [2.45, 2.75) is 51.3 Å². The standard InChI is InChI=1S/C16H23N5O2/c1-11-7-17-21(8-11)10-14-9-20(5-6-22-14)12(2)16-18-15(19-23-16)13-3-4-13/h7-8,12-14H,3-6,9-10H2,1-2H3. The van der Waals surface area contributed by atoms with Crippen molar-refractivity contribution >= 4 is 0 Å². The van der Waals surface area contributed by atoms with Gasteiger partial charge in [-0.05, 0) is 32.3 Å². The van der Waals surface area contributed by atoms with Crippen molar-refractivity contribution in [3.05, 3.63) is 29.7 Å². The van der Waals surface area contributed by atoms with Gasteiger partial charge >= 0.3 is 0 Å². The van der Waals surface area contributed by atoms with Crippen molar-refractivity contribution < 1.29 is 9.26 Å². The fraction of sp³-hybridized carbons (Fsp3) is 0.688. The highest BCUT2D eigenvalue weighted by atomic mass is 16.5. The topological polar surface area (TPSA) is 69.2 Å². The van der Waals surface area contributed by atoms with E-state index in [1.807, 2.05) is 24.0 Å². The summed E-state index contributed by atoms with van der Waals surface area (Å²) in [6.45, 7) is 7.41. The third-order valence-electron chi connectivity index (χ3n) is 4.63. The van der Waals surface area contributed by atoms with E-state index in [-0.39, 0.29) is 12.1 Å². The number of hydrogen-bond donors (Lipinski definition) is 0. The summed E-state index contributed by atoms with van der Waals surface area (Å²) in [7, 11) is 0. The lowest BCUT2D eigenvalue weighted by Crippen LogP contribution is -2.45. The van der Waals surface area contributed by atoms with Gasteiger partial charge < -0.3 is 9.26 Å². The van der Waals surface area contributed by atoms with E-state index in [1.165, 1.54) is 18.4 Å². The highest BCUT2D eigenvalue weighted by molar-refractivity contribution is 5.05. The average molecular weight is 317 g/mol. The fourth-order valence-corrected chi connectivity index (χ4v) is 3.06. The monoisotopic (exact) mass is 317 g/mol. The van der Waals surface area contributed by atoms with Crippen LogP contribution in [0.2, 0.25) is 0 Å². The molecule has 2 atom stereocenters. The summed E-state index contributed by atoms with van der Waals surface area (Å²) < 4.78 is 13.3. The maximum Gasteiger partial charge on any atom is 0.243 e. The smallest absolute Gasteiger partial charge is 0.243 e. The molecule has 0 radical (unpaired) electrons. The molecular formula is C16H23N5O2. The number of aromatic nitrogens is 4. The fourth-order valence-electron chi connectivity index (χ4n) is 3.06. The predicted octanol–water partition coefficient (Wildman–Crippen LogP) is 1.91. The van der Waals surface area contributed by atoms with Crippen LogP contribution in [0.1, 0.15) is 49.0 Å². The van der Waals surface area contributed by atoms with Gasteiger partial charge in [0.2, 0.25) is 5.89 Å². The quantitative estimate of drug-likeness (QED) is 0.839. The minimum absolute atomic E-state index is 0.126. The van der Waals surface area contributed by atoms with Crippen LogP contribution in [-0.2, 0) is 11.3 Å². The van der Waals surface area contributed by atoms with Crippen LogP contribution in [0.3, 0.4) is 0 Å². The Morgan fingerprint density at radius 2 is 2.26 bits per heavy atom. The van der Waals surface area contributed by atoms with E-state index in [1.54, 1.807) is 0 Å². The van der Waals surface area contributed by atoms with E-state index in [4.69, 9.17) is 9.26 Å². The minimum Gasteiger partial charge on any atom is -0.374 e. The van der Waals surface area contributed by atoms with Gasteiger partial charge in [-0.25, -0.2) is 0 Å². The van der Waals surface area contributed by atoms with Crippen molar-refractivity contribution in [3.63, 3.8) is 0 Å². The minimum atomic E-state index is 0.126. The molecule has 1 saturated carbocycles. The molecule has 2 aromatic heterocycles. The largest absolute Gasteiger partial charge is 0.374 e. The van der Waals surface area contributed by atoms with Crippen molar-refractivity contribution in [1.82, 2.24) is 24.8 Å². The van der Waals surface area contributed by atoms with Crippen LogP contribution in [0.4, 0.5) is 0 Å². The van der Waals surface area contributed by atoms with Crippen molar-refractivity contribution in [2.24, 2.45) is 0 Å². The first-order valence-corrected chi connectivity index (χ1v) is 8.37. The molecule has 0 aromatic carbocycles. The first-order chi connectivity index (χ1) is 11.2. The number of nitrogens with zero attached hydrogens (tertiary/aromatic N) is 5. The van der Waals surface area contributed by atoms with Gasteiger partial charge in [0.25, 0.3) is 0 Å². The Morgan fingerprint density at radius 1 is 1.39 bits per heavy atom. The molecule has 1 saturated heterocycles. The summed E-state index contributed by atoms with van der Waals surface area (Å²) in [6, 6.07) is 0.126. The van der Waals surface area contributed by atoms with Crippen LogP contribution < -0.4 is 0 Å². The van der Waals surface area contributed by atoms with E-state index in [9.17, 15) is 0 Å². The summed E-state index contributed by atoms with van der Waals surface area (Å²) in [5.74, 6) is 2.13. The lowest BCUT2D eigenvalue weighted by atomic mass is 10.2. The highest BCUT2D eigenvalue weighted by Crippen LogP contribution is 2.38. The first-order valence-electron chi connectivity index (χ1n) is 8.37. The molecular weight excluding hydrogens is 294 g/mol. The number of hydrogen-bond acceptors (Lipinski definition) is 6. The van der Waals surface area contributed by atoms with Crippen LogP contribution in [0.5, 0.6) is 0 Å². The summed E-state index contributed by atoms with van der Waals surface area (Å²) in [6.07, 6.45) is 6.44. The predicted molar refractivity (Wildman–Crippen MR) is 83.0 cm³/mol. The Labute approximate surface area is 135 Å². The highest BCUT2D eigenvalue weighted by Gasteiger charge is 2.32. The molecule has 2 fully saturated rings. The molecule has 7 nitrogen and oxygen atoms in total. The normalized spacial score (nSPS) is 24.0. The molecule has 0 bridgehead atoms. The summed E-state index contributed by atoms with van der Waals surface area (Å²) in [4.78, 5) is 6.94. The second-order valence-electron chi connectivity index (χ2n) is 6.67. The average Bonchev–Trinajstić information content (AvgIpc) is 3.15. The van der Waals surface area contributed by atoms with Crippen LogP contribution in [0.15, 0.2) is 16.9 Å². The number of morpholine rings is 1. The molecule has 0 spiro atoms. The third-order valence-corrected chi connectivity index (χ3v) is 4.63. The van der Waals surface area contributed by atoms with Gasteiger partial charge in [0.1, 0.15) is 0 Å². The van der Waals surface area contributed by atoms with Gasteiger partial charge in [-0.3, -0.25) is 9.58 Å². The van der Waals surface area contributed by atoms with Crippen LogP contribution in [-0.4, -0.2) is 50.6 Å². The summed E-state index contributed by atoms with van der Waals surface area (Å²) >= 11 is 0. The summed E-state index contributed by atoms with van der Waals surface area (Å²) in [5.41, 5.74) is 1.17. The second-order valence-corrected chi connectivity index (χ2v) is 6.67. The Morgan fingerprint density at radius 3 is 3.00 bits per heavy atom. The Bertz CT molecular complexity index is 663. The lowest BCUT2D eigenvalue weighted by Gasteiger charge is -2.35. The third kappa shape index (κ3) is 3.30. The van der Waals surface area contributed by atoms with Gasteiger partial charge in [0.05, 0.1) is 31.5 Å². The molecule has 4 rings (SSSR count). The van der Waals surface area contributed by atoms with E-state index < -0.39 is 0 Å². The zero-order valence-corrected chi connectivity index (χ0v) is 13.7. The van der Waals surface area contributed by atoms with Crippen molar-refractivity contribution in [2.75, 3.05) is 19.7 Å². The number of aryl methyl sites for hydroxylation is 1. The summed E-state index contributed by atoms with van der Waals surface area (Å²) in [5, 5.41) is 8.47. The Hall–Kier alpha value is -1.73. The van der Waals surface area contributed by atoms with Gasteiger partial charge in [0.15, 0.2) is 5.82 Å². The van der Waals surface area contributed by atoms with E-state index in [0.29, 0.717) is 5.92 Å². The molecule has 2 aromatic rings. The molecule has 7 heteroatoms. The van der Waals surface area contributed by atoms with Gasteiger partial charge in [0, 0.05) is 25.2 Å². The molecule has 124 valence electrons.